The van der Waals surface area contributed by atoms with Gasteiger partial charge in [0, 0.05) is 5.39 Å². The van der Waals surface area contributed by atoms with Crippen LogP contribution in [0.2, 0.25) is 0 Å². The number of aryl methyl sites for hydroxylation is 1. The average Bonchev–Trinajstić information content (AvgIpc) is 2.96. The summed E-state index contributed by atoms with van der Waals surface area (Å²) in [5, 5.41) is 5.08. The number of aromatic nitrogens is 1. The molecule has 2 nitrogen and oxygen atoms in total. The third-order valence-electron chi connectivity index (χ3n) is 5.03. The second-order valence-electron chi connectivity index (χ2n) is 6.37. The SMILES string of the molecule is Cc1c2n(c3ccccc13)-c1ccccc1NC2c1ccccc1. The summed E-state index contributed by atoms with van der Waals surface area (Å²) in [5.74, 6) is 0. The number of nitrogens with one attached hydrogen (secondary N) is 1. The van der Waals surface area contributed by atoms with Crippen molar-refractivity contribution in [3.05, 3.63) is 95.7 Å². The van der Waals surface area contributed by atoms with Crippen molar-refractivity contribution in [1.82, 2.24) is 4.57 Å². The largest absolute Gasteiger partial charge is 0.371 e. The molecule has 1 aromatic heterocycles. The Labute approximate surface area is 141 Å². The number of para-hydroxylation sites is 3. The molecule has 3 aromatic carbocycles. The molecular formula is C22H18N2. The smallest absolute Gasteiger partial charge is 0.0927 e. The second-order valence-corrected chi connectivity index (χ2v) is 6.37. The summed E-state index contributed by atoms with van der Waals surface area (Å²) in [6, 6.07) is 28.1. The molecule has 116 valence electrons. The first-order valence-electron chi connectivity index (χ1n) is 8.35. The fraction of sp³-hybridized carbons (Fsp3) is 0.0909. The predicted molar refractivity (Wildman–Crippen MR) is 99.9 cm³/mol. The van der Waals surface area contributed by atoms with Crippen molar-refractivity contribution in [1.29, 1.82) is 0 Å². The zero-order valence-corrected chi connectivity index (χ0v) is 13.5. The molecule has 0 bridgehead atoms. The first-order chi connectivity index (χ1) is 11.8. The number of hydrogen-bond acceptors (Lipinski definition) is 1. The van der Waals surface area contributed by atoms with Crippen LogP contribution >= 0.6 is 0 Å². The molecule has 0 aliphatic carbocycles. The molecule has 1 aliphatic heterocycles. The summed E-state index contributed by atoms with van der Waals surface area (Å²) >= 11 is 0. The highest BCUT2D eigenvalue weighted by molar-refractivity contribution is 5.90. The molecule has 0 fully saturated rings. The second kappa shape index (κ2) is 5.00. The van der Waals surface area contributed by atoms with Gasteiger partial charge in [-0.1, -0.05) is 60.7 Å². The van der Waals surface area contributed by atoms with Gasteiger partial charge in [0.05, 0.1) is 28.6 Å². The summed E-state index contributed by atoms with van der Waals surface area (Å²) < 4.78 is 2.42. The van der Waals surface area contributed by atoms with Crippen LogP contribution in [0.1, 0.15) is 22.9 Å². The van der Waals surface area contributed by atoms with E-state index in [-0.39, 0.29) is 6.04 Å². The van der Waals surface area contributed by atoms with Crippen molar-refractivity contribution in [2.24, 2.45) is 0 Å². The normalized spacial score (nSPS) is 15.6. The Hall–Kier alpha value is -3.00. The maximum absolute atomic E-state index is 3.75. The molecule has 1 unspecified atom stereocenters. The van der Waals surface area contributed by atoms with E-state index in [0.717, 1.165) is 0 Å². The highest BCUT2D eigenvalue weighted by Crippen LogP contribution is 2.42. The Morgan fingerprint density at radius 1 is 0.792 bits per heavy atom. The first-order valence-corrected chi connectivity index (χ1v) is 8.35. The Bertz CT molecular complexity index is 1040. The Kier molecular flexibility index (Phi) is 2.80. The van der Waals surface area contributed by atoms with Crippen LogP contribution in [-0.4, -0.2) is 4.57 Å². The number of anilines is 1. The van der Waals surface area contributed by atoms with E-state index in [1.54, 1.807) is 0 Å². The lowest BCUT2D eigenvalue weighted by Crippen LogP contribution is -2.22. The van der Waals surface area contributed by atoms with Gasteiger partial charge < -0.3 is 9.88 Å². The third kappa shape index (κ3) is 1.77. The molecule has 1 aliphatic rings. The Morgan fingerprint density at radius 3 is 2.38 bits per heavy atom. The maximum Gasteiger partial charge on any atom is 0.0927 e. The van der Waals surface area contributed by atoms with Gasteiger partial charge in [-0.3, -0.25) is 0 Å². The van der Waals surface area contributed by atoms with Crippen LogP contribution in [0.25, 0.3) is 16.6 Å². The molecule has 0 spiro atoms. The molecule has 4 aromatic rings. The van der Waals surface area contributed by atoms with E-state index < -0.39 is 0 Å². The van der Waals surface area contributed by atoms with E-state index >= 15 is 0 Å². The Morgan fingerprint density at radius 2 is 1.50 bits per heavy atom. The lowest BCUT2D eigenvalue weighted by molar-refractivity contribution is 0.813. The summed E-state index contributed by atoms with van der Waals surface area (Å²) in [7, 11) is 0. The standard InChI is InChI=1S/C22H18N2/c1-15-17-11-5-7-13-19(17)24-20-14-8-6-12-18(20)23-21(22(15)24)16-9-3-2-4-10-16/h2-14,21,23H,1H3. The molecule has 1 atom stereocenters. The van der Waals surface area contributed by atoms with Gasteiger partial charge >= 0.3 is 0 Å². The number of hydrogen-bond donors (Lipinski definition) is 1. The van der Waals surface area contributed by atoms with Gasteiger partial charge in [-0.25, -0.2) is 0 Å². The van der Waals surface area contributed by atoms with E-state index in [4.69, 9.17) is 0 Å². The average molecular weight is 310 g/mol. The number of benzene rings is 3. The molecule has 0 radical (unpaired) electrons. The van der Waals surface area contributed by atoms with E-state index in [0.29, 0.717) is 0 Å². The monoisotopic (exact) mass is 310 g/mol. The number of fused-ring (bicyclic) bond motifs is 5. The molecule has 2 heterocycles. The fourth-order valence-electron chi connectivity index (χ4n) is 3.93. The van der Waals surface area contributed by atoms with Crippen LogP contribution in [0.3, 0.4) is 0 Å². The van der Waals surface area contributed by atoms with E-state index in [2.05, 4.69) is 95.7 Å². The van der Waals surface area contributed by atoms with Crippen molar-refractivity contribution >= 4 is 16.6 Å². The fourth-order valence-corrected chi connectivity index (χ4v) is 3.93. The molecular weight excluding hydrogens is 292 g/mol. The molecule has 0 amide bonds. The molecule has 2 heteroatoms. The van der Waals surface area contributed by atoms with Gasteiger partial charge in [0.25, 0.3) is 0 Å². The maximum atomic E-state index is 3.75. The third-order valence-corrected chi connectivity index (χ3v) is 5.03. The van der Waals surface area contributed by atoms with Crippen LogP contribution in [0.5, 0.6) is 0 Å². The topological polar surface area (TPSA) is 17.0 Å². The van der Waals surface area contributed by atoms with Gasteiger partial charge in [0.15, 0.2) is 0 Å². The quantitative estimate of drug-likeness (QED) is 0.494. The highest BCUT2D eigenvalue weighted by Gasteiger charge is 2.29. The van der Waals surface area contributed by atoms with Crippen LogP contribution in [0.15, 0.2) is 78.9 Å². The van der Waals surface area contributed by atoms with Crippen molar-refractivity contribution in [3.63, 3.8) is 0 Å². The van der Waals surface area contributed by atoms with Crippen LogP contribution in [-0.2, 0) is 0 Å². The van der Waals surface area contributed by atoms with Gasteiger partial charge in [-0.2, -0.15) is 0 Å². The van der Waals surface area contributed by atoms with E-state index in [9.17, 15) is 0 Å². The van der Waals surface area contributed by atoms with Crippen molar-refractivity contribution in [2.45, 2.75) is 13.0 Å². The lowest BCUT2D eigenvalue weighted by Gasteiger charge is -2.30. The van der Waals surface area contributed by atoms with Crippen LogP contribution < -0.4 is 5.32 Å². The molecule has 1 N–H and O–H groups in total. The highest BCUT2D eigenvalue weighted by atomic mass is 15.1. The van der Waals surface area contributed by atoms with Gasteiger partial charge in [0.2, 0.25) is 0 Å². The first kappa shape index (κ1) is 13.4. The van der Waals surface area contributed by atoms with Crippen LogP contribution in [0, 0.1) is 6.92 Å². The minimum absolute atomic E-state index is 0.161. The molecule has 24 heavy (non-hydrogen) atoms. The van der Waals surface area contributed by atoms with Gasteiger partial charge in [-0.05, 0) is 36.2 Å². The molecule has 0 saturated heterocycles. The molecule has 0 saturated carbocycles. The summed E-state index contributed by atoms with van der Waals surface area (Å²) in [5.41, 5.74) is 7.66. The minimum Gasteiger partial charge on any atom is -0.371 e. The number of nitrogens with zero attached hydrogens (tertiary/aromatic N) is 1. The van der Waals surface area contributed by atoms with Gasteiger partial charge in [-0.15, -0.1) is 0 Å². The molecule has 5 rings (SSSR count). The summed E-state index contributed by atoms with van der Waals surface area (Å²) in [6.45, 7) is 2.24. The van der Waals surface area contributed by atoms with Gasteiger partial charge in [0.1, 0.15) is 0 Å². The Balaban J connectivity index is 1.89. The zero-order chi connectivity index (χ0) is 16.1. The summed E-state index contributed by atoms with van der Waals surface area (Å²) in [6.07, 6.45) is 0. The summed E-state index contributed by atoms with van der Waals surface area (Å²) in [4.78, 5) is 0. The van der Waals surface area contributed by atoms with E-state index in [1.807, 2.05) is 0 Å². The van der Waals surface area contributed by atoms with Crippen molar-refractivity contribution in [3.8, 4) is 5.69 Å². The van der Waals surface area contributed by atoms with E-state index in [1.165, 1.54) is 39.1 Å². The zero-order valence-electron chi connectivity index (χ0n) is 13.5. The number of rotatable bonds is 1. The van der Waals surface area contributed by atoms with Crippen molar-refractivity contribution in [2.75, 3.05) is 5.32 Å². The van der Waals surface area contributed by atoms with Crippen LogP contribution in [0.4, 0.5) is 5.69 Å². The lowest BCUT2D eigenvalue weighted by atomic mass is 9.97. The predicted octanol–water partition coefficient (Wildman–Crippen LogP) is 5.45. The van der Waals surface area contributed by atoms with Crippen molar-refractivity contribution < 1.29 is 0 Å². The minimum atomic E-state index is 0.161.